The van der Waals surface area contributed by atoms with Crippen molar-refractivity contribution in [2.45, 2.75) is 31.5 Å². The number of likely N-dealkylation sites (tertiary alicyclic amines) is 1. The summed E-state index contributed by atoms with van der Waals surface area (Å²) in [6.45, 7) is 3.03. The van der Waals surface area contributed by atoms with Crippen LogP contribution in [0.5, 0.6) is 0 Å². The Bertz CT molecular complexity index is 953. The van der Waals surface area contributed by atoms with E-state index >= 15 is 0 Å². The van der Waals surface area contributed by atoms with Crippen LogP contribution >= 0.6 is 0 Å². The van der Waals surface area contributed by atoms with Gasteiger partial charge in [-0.15, -0.1) is 0 Å². The highest BCUT2D eigenvalue weighted by atomic mass is 19.4. The van der Waals surface area contributed by atoms with Gasteiger partial charge >= 0.3 is 12.1 Å². The smallest absolute Gasteiger partial charge is 0.475 e. The largest absolute Gasteiger partial charge is 0.490 e. The van der Waals surface area contributed by atoms with Crippen molar-refractivity contribution in [2.75, 3.05) is 33.4 Å². The van der Waals surface area contributed by atoms with Gasteiger partial charge < -0.3 is 19.5 Å². The third kappa shape index (κ3) is 5.55. The van der Waals surface area contributed by atoms with E-state index in [2.05, 4.69) is 4.98 Å². The van der Waals surface area contributed by atoms with Crippen LogP contribution in [0.4, 0.5) is 13.2 Å². The maximum atomic E-state index is 13.0. The second-order valence-corrected chi connectivity index (χ2v) is 8.06. The lowest BCUT2D eigenvalue weighted by Crippen LogP contribution is -2.43. The number of aromatic nitrogens is 1. The van der Waals surface area contributed by atoms with Gasteiger partial charge in [0.15, 0.2) is 0 Å². The van der Waals surface area contributed by atoms with E-state index in [1.165, 1.54) is 0 Å². The summed E-state index contributed by atoms with van der Waals surface area (Å²) >= 11 is 0. The molecule has 10 heteroatoms. The molecule has 4 rings (SSSR count). The molecule has 1 atom stereocenters. The van der Waals surface area contributed by atoms with Gasteiger partial charge in [-0.2, -0.15) is 13.2 Å². The zero-order valence-corrected chi connectivity index (χ0v) is 17.6. The monoisotopic (exact) mass is 454 g/mol. The molecule has 32 heavy (non-hydrogen) atoms. The molecule has 0 radical (unpaired) electrons. The average Bonchev–Trinajstić information content (AvgIpc) is 3.15. The molecule has 2 aromatic rings. The number of carboxylic acids is 1. The highest BCUT2D eigenvalue weighted by Crippen LogP contribution is 2.42. The average molecular weight is 454 g/mol. The van der Waals surface area contributed by atoms with Crippen molar-refractivity contribution in [2.24, 2.45) is 5.41 Å². The number of ether oxygens (including phenoxy) is 2. The number of hydrogen-bond acceptors (Lipinski definition) is 5. The Morgan fingerprint density at radius 3 is 2.53 bits per heavy atom. The van der Waals surface area contributed by atoms with E-state index in [9.17, 15) is 18.0 Å². The van der Waals surface area contributed by atoms with Crippen LogP contribution in [0.1, 0.15) is 29.6 Å². The molecule has 3 heterocycles. The quantitative estimate of drug-likeness (QED) is 0.764. The first-order chi connectivity index (χ1) is 15.1. The minimum atomic E-state index is -5.08. The van der Waals surface area contributed by atoms with Gasteiger partial charge in [0.2, 0.25) is 0 Å². The van der Waals surface area contributed by atoms with E-state index in [1.54, 1.807) is 13.3 Å². The molecule has 2 aliphatic heterocycles. The number of carboxylic acid groups (broad SMARTS) is 1. The van der Waals surface area contributed by atoms with Crippen molar-refractivity contribution >= 4 is 22.8 Å². The molecule has 0 bridgehead atoms. The molecule has 1 N–H and O–H groups in total. The number of nitrogens with zero attached hydrogens (tertiary/aromatic N) is 2. The van der Waals surface area contributed by atoms with E-state index in [1.807, 2.05) is 35.2 Å². The fourth-order valence-corrected chi connectivity index (χ4v) is 4.17. The van der Waals surface area contributed by atoms with E-state index in [0.717, 1.165) is 55.4 Å². The fraction of sp³-hybridized carbons (Fsp3) is 0.500. The number of piperidine rings is 1. The lowest BCUT2D eigenvalue weighted by Gasteiger charge is -2.38. The molecule has 2 saturated heterocycles. The van der Waals surface area contributed by atoms with E-state index < -0.39 is 12.1 Å². The molecular weight excluding hydrogens is 429 g/mol. The lowest BCUT2D eigenvalue weighted by atomic mass is 9.76. The van der Waals surface area contributed by atoms with Gasteiger partial charge in [0.05, 0.1) is 30.4 Å². The summed E-state index contributed by atoms with van der Waals surface area (Å²) in [4.78, 5) is 28.3. The van der Waals surface area contributed by atoms with Crippen LogP contribution in [-0.2, 0) is 14.3 Å². The van der Waals surface area contributed by atoms with Crippen LogP contribution < -0.4 is 0 Å². The molecule has 2 aliphatic rings. The fourth-order valence-electron chi connectivity index (χ4n) is 4.17. The Morgan fingerprint density at radius 1 is 1.25 bits per heavy atom. The molecule has 7 nitrogen and oxygen atoms in total. The van der Waals surface area contributed by atoms with Crippen molar-refractivity contribution < 1.29 is 37.3 Å². The number of amides is 1. The Labute approximate surface area is 183 Å². The molecule has 1 amide bonds. The maximum absolute atomic E-state index is 13.0. The molecule has 0 aliphatic carbocycles. The Kier molecular flexibility index (Phi) is 7.35. The number of alkyl halides is 3. The molecule has 1 unspecified atom stereocenters. The highest BCUT2D eigenvalue weighted by molar-refractivity contribution is 6.06. The summed E-state index contributed by atoms with van der Waals surface area (Å²) in [6.07, 6.45) is -0.108. The third-order valence-electron chi connectivity index (χ3n) is 5.87. The number of rotatable bonds is 3. The van der Waals surface area contributed by atoms with Gasteiger partial charge in [0.25, 0.3) is 5.91 Å². The number of methoxy groups -OCH3 is 1. The zero-order valence-electron chi connectivity index (χ0n) is 17.6. The van der Waals surface area contributed by atoms with Crippen LogP contribution in [0.15, 0.2) is 36.5 Å². The Hall–Kier alpha value is -2.72. The van der Waals surface area contributed by atoms with Crippen LogP contribution in [0.2, 0.25) is 0 Å². The first kappa shape index (κ1) is 23.9. The number of para-hydroxylation sites is 1. The number of hydrogen-bond donors (Lipinski definition) is 1. The maximum Gasteiger partial charge on any atom is 0.490 e. The molecule has 1 aromatic carbocycles. The zero-order chi connectivity index (χ0) is 23.4. The third-order valence-corrected chi connectivity index (χ3v) is 5.87. The van der Waals surface area contributed by atoms with Crippen LogP contribution in [-0.4, -0.2) is 72.6 Å². The van der Waals surface area contributed by atoms with Gasteiger partial charge in [-0.05, 0) is 36.8 Å². The van der Waals surface area contributed by atoms with Crippen molar-refractivity contribution in [1.29, 1.82) is 0 Å². The van der Waals surface area contributed by atoms with Crippen LogP contribution in [0.25, 0.3) is 10.9 Å². The van der Waals surface area contributed by atoms with Gasteiger partial charge in [-0.1, -0.05) is 18.2 Å². The number of halogens is 3. The Morgan fingerprint density at radius 2 is 1.91 bits per heavy atom. The van der Waals surface area contributed by atoms with Crippen LogP contribution in [0.3, 0.4) is 0 Å². The van der Waals surface area contributed by atoms with E-state index in [0.29, 0.717) is 6.61 Å². The second-order valence-electron chi connectivity index (χ2n) is 8.06. The molecule has 174 valence electrons. The minimum absolute atomic E-state index is 0.112. The summed E-state index contributed by atoms with van der Waals surface area (Å²) < 4.78 is 42.8. The van der Waals surface area contributed by atoms with Gasteiger partial charge in [-0.25, -0.2) is 4.79 Å². The van der Waals surface area contributed by atoms with Crippen molar-refractivity contribution in [3.63, 3.8) is 0 Å². The van der Waals surface area contributed by atoms with Crippen molar-refractivity contribution in [3.8, 4) is 0 Å². The molecule has 2 fully saturated rings. The summed E-state index contributed by atoms with van der Waals surface area (Å²) in [5.74, 6) is -2.65. The van der Waals surface area contributed by atoms with Crippen molar-refractivity contribution in [1.82, 2.24) is 9.88 Å². The van der Waals surface area contributed by atoms with Gasteiger partial charge in [-0.3, -0.25) is 9.78 Å². The second kappa shape index (κ2) is 9.83. The number of carbonyl (C=O) groups excluding carboxylic acids is 1. The van der Waals surface area contributed by atoms with E-state index in [4.69, 9.17) is 19.4 Å². The predicted molar refractivity (Wildman–Crippen MR) is 109 cm³/mol. The first-order valence-corrected chi connectivity index (χ1v) is 10.2. The normalized spacial score (nSPS) is 20.1. The summed E-state index contributed by atoms with van der Waals surface area (Å²) in [5, 5.41) is 8.06. The minimum Gasteiger partial charge on any atom is -0.475 e. The lowest BCUT2D eigenvalue weighted by molar-refractivity contribution is -0.192. The molecule has 0 saturated carbocycles. The Balaban J connectivity index is 0.000000360. The first-order valence-electron chi connectivity index (χ1n) is 10.2. The standard InChI is InChI=1S/C20H24N2O3.C2HF3O2/c1-24-13-15-12-20(14-25-15)7-10-22(11-8-20)19(23)17-6-9-21-18-5-3-2-4-16(17)18;3-2(4,5)1(6)7/h2-6,9,15H,7-8,10-14H2,1H3;(H,6,7). The van der Waals surface area contributed by atoms with Gasteiger partial charge in [0.1, 0.15) is 0 Å². The predicted octanol–water partition coefficient (Wildman–Crippen LogP) is 3.53. The van der Waals surface area contributed by atoms with Crippen molar-refractivity contribution in [3.05, 3.63) is 42.1 Å². The number of fused-ring (bicyclic) bond motifs is 1. The van der Waals surface area contributed by atoms with Gasteiger partial charge in [0, 0.05) is 31.8 Å². The number of benzene rings is 1. The summed E-state index contributed by atoms with van der Waals surface area (Å²) in [6, 6.07) is 9.66. The number of pyridine rings is 1. The molecular formula is C22H25F3N2O5. The molecule has 1 spiro atoms. The van der Waals surface area contributed by atoms with E-state index in [-0.39, 0.29) is 17.4 Å². The SMILES string of the molecule is COCC1CC2(CCN(C(=O)c3ccnc4ccccc34)CC2)CO1.O=C(O)C(F)(F)F. The highest BCUT2D eigenvalue weighted by Gasteiger charge is 2.43. The van der Waals surface area contributed by atoms with Crippen LogP contribution in [0, 0.1) is 5.41 Å². The topological polar surface area (TPSA) is 89.0 Å². The molecule has 1 aromatic heterocycles. The number of carbonyl (C=O) groups is 2. The number of aliphatic carboxylic acids is 1. The summed E-state index contributed by atoms with van der Waals surface area (Å²) in [7, 11) is 1.72. The summed E-state index contributed by atoms with van der Waals surface area (Å²) in [5.41, 5.74) is 1.84.